The monoisotopic (exact) mass is 329 g/mol. The van der Waals surface area contributed by atoms with Crippen LogP contribution < -0.4 is 0 Å². The molecule has 3 fully saturated rings. The largest absolute Gasteiger partial charge is 0.283 e. The van der Waals surface area contributed by atoms with Gasteiger partial charge in [0.05, 0.1) is 24.8 Å². The van der Waals surface area contributed by atoms with E-state index in [2.05, 4.69) is 0 Å². The molecule has 0 aromatic rings. The molecule has 3 rings (SSSR count). The Morgan fingerprint density at radius 3 is 1.91 bits per heavy atom. The summed E-state index contributed by atoms with van der Waals surface area (Å²) in [7, 11) is -3.16. The molecule has 7 nitrogen and oxygen atoms in total. The van der Waals surface area contributed by atoms with Crippen LogP contribution in [-0.2, 0) is 19.6 Å². The maximum Gasteiger partial charge on any atom is 0.234 e. The van der Waals surface area contributed by atoms with Crippen molar-refractivity contribution < 1.29 is 18.0 Å². The van der Waals surface area contributed by atoms with Gasteiger partial charge in [-0.2, -0.15) is 4.31 Å². The van der Waals surface area contributed by atoms with E-state index < -0.39 is 10.0 Å². The lowest BCUT2D eigenvalue weighted by atomic mass is 9.81. The third-order valence-corrected chi connectivity index (χ3v) is 6.38. The second-order valence-corrected chi connectivity index (χ2v) is 8.51. The van der Waals surface area contributed by atoms with Gasteiger partial charge in [-0.25, -0.2) is 8.42 Å². The zero-order valence-electron chi connectivity index (χ0n) is 12.9. The summed E-state index contributed by atoms with van der Waals surface area (Å²) in [5.74, 6) is -0.280. The van der Waals surface area contributed by atoms with E-state index in [9.17, 15) is 18.0 Å². The Bertz CT molecular complexity index is 545. The number of carbonyl (C=O) groups excluding carboxylic acids is 2. The molecule has 2 atom stereocenters. The normalized spacial score (nSPS) is 31.6. The summed E-state index contributed by atoms with van der Waals surface area (Å²) in [6.45, 7) is 2.25. The van der Waals surface area contributed by atoms with Crippen molar-refractivity contribution in [2.24, 2.45) is 11.8 Å². The third kappa shape index (κ3) is 2.91. The van der Waals surface area contributed by atoms with E-state index in [0.29, 0.717) is 32.8 Å². The first-order valence-corrected chi connectivity index (χ1v) is 9.75. The van der Waals surface area contributed by atoms with Crippen molar-refractivity contribution in [2.75, 3.05) is 39.1 Å². The molecule has 0 bridgehead atoms. The van der Waals surface area contributed by atoms with E-state index in [1.54, 1.807) is 0 Å². The summed E-state index contributed by atoms with van der Waals surface area (Å²) in [6, 6.07) is 0. The minimum Gasteiger partial charge on any atom is -0.283 e. The van der Waals surface area contributed by atoms with E-state index in [1.165, 1.54) is 15.5 Å². The summed E-state index contributed by atoms with van der Waals surface area (Å²) >= 11 is 0. The molecule has 0 aromatic heterocycles. The number of piperazine rings is 1. The zero-order chi connectivity index (χ0) is 15.9. The van der Waals surface area contributed by atoms with Crippen LogP contribution in [0.1, 0.15) is 25.7 Å². The van der Waals surface area contributed by atoms with Gasteiger partial charge in [-0.3, -0.25) is 19.4 Å². The molecular weight excluding hydrogens is 306 g/mol. The molecule has 2 heterocycles. The van der Waals surface area contributed by atoms with E-state index in [1.807, 2.05) is 4.90 Å². The lowest BCUT2D eigenvalue weighted by Gasteiger charge is -2.34. The molecule has 1 aliphatic carbocycles. The predicted octanol–water partition coefficient (Wildman–Crippen LogP) is -0.304. The average molecular weight is 329 g/mol. The number of likely N-dealkylation sites (tertiary alicyclic amines) is 1. The van der Waals surface area contributed by atoms with Crippen LogP contribution in [0.3, 0.4) is 0 Å². The van der Waals surface area contributed by atoms with Gasteiger partial charge in [-0.05, 0) is 12.8 Å². The van der Waals surface area contributed by atoms with Crippen LogP contribution in [0.2, 0.25) is 0 Å². The number of rotatable bonds is 3. The predicted molar refractivity (Wildman–Crippen MR) is 80.2 cm³/mol. The number of carbonyl (C=O) groups is 2. The van der Waals surface area contributed by atoms with Gasteiger partial charge in [0.1, 0.15) is 0 Å². The Balaban J connectivity index is 1.60. The molecular formula is C14H23N3O4S. The topological polar surface area (TPSA) is 78.0 Å². The molecule has 2 amide bonds. The summed E-state index contributed by atoms with van der Waals surface area (Å²) < 4.78 is 24.4. The van der Waals surface area contributed by atoms with Gasteiger partial charge in [-0.1, -0.05) is 12.8 Å². The lowest BCUT2D eigenvalue weighted by molar-refractivity contribution is -0.142. The standard InChI is InChI=1S/C14H23N3O4S/c1-22(20,21)16-8-6-15(7-9-16)10-17-13(18)11-4-2-3-5-12(11)14(17)19/h11-12H,2-10H2,1H3/t11-,12-/m0/s1. The van der Waals surface area contributed by atoms with Crippen LogP contribution in [0.4, 0.5) is 0 Å². The van der Waals surface area contributed by atoms with Crippen molar-refractivity contribution in [3.05, 3.63) is 0 Å². The van der Waals surface area contributed by atoms with E-state index in [4.69, 9.17) is 0 Å². The van der Waals surface area contributed by atoms with Gasteiger partial charge in [0.2, 0.25) is 21.8 Å². The van der Waals surface area contributed by atoms with Crippen LogP contribution >= 0.6 is 0 Å². The Hall–Kier alpha value is -0.990. The summed E-state index contributed by atoms with van der Waals surface area (Å²) in [4.78, 5) is 28.2. The highest BCUT2D eigenvalue weighted by Crippen LogP contribution is 2.38. The molecule has 2 aliphatic heterocycles. The Morgan fingerprint density at radius 2 is 1.45 bits per heavy atom. The van der Waals surface area contributed by atoms with Crippen molar-refractivity contribution in [3.8, 4) is 0 Å². The molecule has 0 radical (unpaired) electrons. The van der Waals surface area contributed by atoms with Crippen molar-refractivity contribution in [3.63, 3.8) is 0 Å². The number of imide groups is 1. The molecule has 124 valence electrons. The number of fused-ring (bicyclic) bond motifs is 1. The summed E-state index contributed by atoms with van der Waals surface area (Å²) in [5.41, 5.74) is 0. The van der Waals surface area contributed by atoms with Gasteiger partial charge in [0.15, 0.2) is 0 Å². The SMILES string of the molecule is CS(=O)(=O)N1CCN(CN2C(=O)[C@H]3CCCC[C@@H]3C2=O)CC1. The quantitative estimate of drug-likeness (QED) is 0.664. The minimum atomic E-state index is -3.16. The van der Waals surface area contributed by atoms with Crippen LogP contribution in [0.25, 0.3) is 0 Å². The number of amides is 2. The summed E-state index contributed by atoms with van der Waals surface area (Å²) in [6.07, 6.45) is 4.92. The fourth-order valence-electron chi connectivity index (χ4n) is 3.77. The highest BCUT2D eigenvalue weighted by atomic mass is 32.2. The van der Waals surface area contributed by atoms with Gasteiger partial charge in [0.25, 0.3) is 0 Å². The number of hydrogen-bond acceptors (Lipinski definition) is 5. The van der Waals surface area contributed by atoms with Crippen molar-refractivity contribution in [1.29, 1.82) is 0 Å². The second kappa shape index (κ2) is 5.90. The Morgan fingerprint density at radius 1 is 0.955 bits per heavy atom. The molecule has 0 spiro atoms. The van der Waals surface area contributed by atoms with E-state index in [0.717, 1.165) is 25.7 Å². The van der Waals surface area contributed by atoms with Gasteiger partial charge < -0.3 is 0 Å². The zero-order valence-corrected chi connectivity index (χ0v) is 13.7. The van der Waals surface area contributed by atoms with Crippen molar-refractivity contribution in [1.82, 2.24) is 14.1 Å². The molecule has 1 saturated carbocycles. The minimum absolute atomic E-state index is 0.0276. The van der Waals surface area contributed by atoms with E-state index in [-0.39, 0.29) is 23.7 Å². The van der Waals surface area contributed by atoms with Gasteiger partial charge in [0, 0.05) is 26.2 Å². The highest BCUT2D eigenvalue weighted by Gasteiger charge is 2.48. The fourth-order valence-corrected chi connectivity index (χ4v) is 4.60. The van der Waals surface area contributed by atoms with Crippen LogP contribution in [0.15, 0.2) is 0 Å². The molecule has 3 aliphatic rings. The fraction of sp³-hybridized carbons (Fsp3) is 0.857. The molecule has 2 saturated heterocycles. The molecule has 8 heteroatoms. The van der Waals surface area contributed by atoms with Crippen LogP contribution in [-0.4, -0.2) is 73.4 Å². The van der Waals surface area contributed by atoms with Crippen LogP contribution in [0, 0.1) is 11.8 Å². The Labute approximate surface area is 131 Å². The smallest absolute Gasteiger partial charge is 0.234 e. The van der Waals surface area contributed by atoms with Gasteiger partial charge >= 0.3 is 0 Å². The van der Waals surface area contributed by atoms with Crippen molar-refractivity contribution in [2.45, 2.75) is 25.7 Å². The number of hydrogen-bond donors (Lipinski definition) is 0. The molecule has 0 N–H and O–H groups in total. The maximum atomic E-state index is 12.4. The van der Waals surface area contributed by atoms with Gasteiger partial charge in [-0.15, -0.1) is 0 Å². The Kier molecular flexibility index (Phi) is 4.26. The maximum absolute atomic E-state index is 12.4. The highest BCUT2D eigenvalue weighted by molar-refractivity contribution is 7.88. The molecule has 0 aromatic carbocycles. The molecule has 22 heavy (non-hydrogen) atoms. The second-order valence-electron chi connectivity index (χ2n) is 6.52. The third-order valence-electron chi connectivity index (χ3n) is 5.07. The number of nitrogens with zero attached hydrogens (tertiary/aromatic N) is 3. The summed E-state index contributed by atoms with van der Waals surface area (Å²) in [5, 5.41) is 0. The molecule has 0 unspecified atom stereocenters. The van der Waals surface area contributed by atoms with Crippen LogP contribution in [0.5, 0.6) is 0 Å². The average Bonchev–Trinajstić information content (AvgIpc) is 2.73. The number of sulfonamides is 1. The first-order valence-electron chi connectivity index (χ1n) is 7.90. The first kappa shape index (κ1) is 15.9. The first-order chi connectivity index (χ1) is 10.4. The van der Waals surface area contributed by atoms with Crippen molar-refractivity contribution >= 4 is 21.8 Å². The van der Waals surface area contributed by atoms with E-state index >= 15 is 0 Å². The lowest BCUT2D eigenvalue weighted by Crippen LogP contribution is -2.52.